The number of pyridine rings is 1. The molecule has 2 aromatic carbocycles. The second-order valence-corrected chi connectivity index (χ2v) is 8.71. The van der Waals surface area contributed by atoms with Gasteiger partial charge in [-0.3, -0.25) is 4.98 Å². The number of hydrogen-bond donors (Lipinski definition) is 1. The molecule has 0 aliphatic rings. The van der Waals surface area contributed by atoms with E-state index in [4.69, 9.17) is 9.72 Å². The molecule has 3 heterocycles. The molecule has 0 unspecified atom stereocenters. The fraction of sp³-hybridized carbons (Fsp3) is 0.214. The van der Waals surface area contributed by atoms with Gasteiger partial charge >= 0.3 is 5.97 Å². The summed E-state index contributed by atoms with van der Waals surface area (Å²) in [7, 11) is 1.36. The number of nitrogens with zero attached hydrogens (tertiary/aromatic N) is 6. The van der Waals surface area contributed by atoms with E-state index >= 15 is 0 Å². The summed E-state index contributed by atoms with van der Waals surface area (Å²) in [5.41, 5.74) is 6.18. The Bertz CT molecular complexity index is 1490. The van der Waals surface area contributed by atoms with Gasteiger partial charge in [0.2, 0.25) is 5.82 Å². The van der Waals surface area contributed by atoms with Crippen molar-refractivity contribution in [2.75, 3.05) is 7.11 Å². The van der Waals surface area contributed by atoms with E-state index in [1.54, 1.807) is 12.3 Å². The number of imidazole rings is 1. The molecule has 0 saturated carbocycles. The Morgan fingerprint density at radius 2 is 1.84 bits per heavy atom. The SMILES string of the molecule is CCCCc1nc(-c2cncc(C(=O)OC)c2)cn1Cc1ccc(-c2ccccc2-c2nn[nH]n2)cc1. The van der Waals surface area contributed by atoms with E-state index in [-0.39, 0.29) is 0 Å². The number of tetrazole rings is 1. The van der Waals surface area contributed by atoms with Gasteiger partial charge in [-0.2, -0.15) is 5.21 Å². The second kappa shape index (κ2) is 10.9. The van der Waals surface area contributed by atoms with Gasteiger partial charge in [0.1, 0.15) is 5.82 Å². The number of esters is 1. The fourth-order valence-electron chi connectivity index (χ4n) is 4.27. The predicted molar refractivity (Wildman–Crippen MR) is 140 cm³/mol. The van der Waals surface area contributed by atoms with Crippen LogP contribution in [0.1, 0.15) is 41.5 Å². The van der Waals surface area contributed by atoms with Crippen LogP contribution in [0.3, 0.4) is 0 Å². The van der Waals surface area contributed by atoms with Crippen LogP contribution in [0.5, 0.6) is 0 Å². The lowest BCUT2D eigenvalue weighted by atomic mass is 9.98. The van der Waals surface area contributed by atoms with E-state index in [0.29, 0.717) is 17.9 Å². The number of aryl methyl sites for hydroxylation is 1. The third-order valence-electron chi connectivity index (χ3n) is 6.20. The zero-order valence-corrected chi connectivity index (χ0v) is 20.8. The van der Waals surface area contributed by atoms with Gasteiger partial charge in [0, 0.05) is 42.7 Å². The summed E-state index contributed by atoms with van der Waals surface area (Å²) in [6, 6.07) is 18.3. The van der Waals surface area contributed by atoms with Crippen molar-refractivity contribution in [1.29, 1.82) is 0 Å². The first-order chi connectivity index (χ1) is 18.2. The van der Waals surface area contributed by atoms with Crippen LogP contribution in [-0.2, 0) is 17.7 Å². The van der Waals surface area contributed by atoms with E-state index in [0.717, 1.165) is 58.6 Å². The average Bonchev–Trinajstić information content (AvgIpc) is 3.63. The van der Waals surface area contributed by atoms with E-state index in [1.807, 2.05) is 24.4 Å². The first-order valence-corrected chi connectivity index (χ1v) is 12.2. The molecule has 0 atom stereocenters. The third-order valence-corrected chi connectivity index (χ3v) is 6.20. The maximum absolute atomic E-state index is 12.0. The number of aromatic nitrogens is 7. The van der Waals surface area contributed by atoms with Crippen LogP contribution in [0.25, 0.3) is 33.8 Å². The Morgan fingerprint density at radius 3 is 2.57 bits per heavy atom. The first kappa shape index (κ1) is 24.1. The molecule has 3 aromatic heterocycles. The van der Waals surface area contributed by atoms with Crippen molar-refractivity contribution in [2.45, 2.75) is 32.7 Å². The number of benzene rings is 2. The smallest absolute Gasteiger partial charge is 0.339 e. The summed E-state index contributed by atoms with van der Waals surface area (Å²) in [6.07, 6.45) is 8.25. The van der Waals surface area contributed by atoms with Crippen molar-refractivity contribution < 1.29 is 9.53 Å². The zero-order chi connectivity index (χ0) is 25.6. The Morgan fingerprint density at radius 1 is 1.03 bits per heavy atom. The quantitative estimate of drug-likeness (QED) is 0.289. The average molecular weight is 494 g/mol. The molecule has 0 bridgehead atoms. The van der Waals surface area contributed by atoms with E-state index < -0.39 is 5.97 Å². The molecule has 0 aliphatic carbocycles. The van der Waals surface area contributed by atoms with Crippen molar-refractivity contribution in [3.8, 4) is 33.8 Å². The number of nitrogens with one attached hydrogen (secondary N) is 1. The minimum absolute atomic E-state index is 0.404. The molecule has 0 aliphatic heterocycles. The molecule has 9 heteroatoms. The number of aromatic amines is 1. The summed E-state index contributed by atoms with van der Waals surface area (Å²) in [6.45, 7) is 2.85. The molecular formula is C28H27N7O2. The molecule has 0 radical (unpaired) electrons. The van der Waals surface area contributed by atoms with Crippen LogP contribution in [0.4, 0.5) is 0 Å². The van der Waals surface area contributed by atoms with Gasteiger partial charge in [-0.05, 0) is 34.4 Å². The van der Waals surface area contributed by atoms with Crippen LogP contribution >= 0.6 is 0 Å². The Labute approximate surface area is 214 Å². The molecule has 0 spiro atoms. The normalized spacial score (nSPS) is 11.0. The lowest BCUT2D eigenvalue weighted by Gasteiger charge is -2.10. The molecule has 5 aromatic rings. The zero-order valence-electron chi connectivity index (χ0n) is 20.8. The largest absolute Gasteiger partial charge is 0.465 e. The number of ether oxygens (including phenoxy) is 1. The standard InChI is InChI=1S/C28H27N7O2/c1-3-4-9-26-30-25(21-14-22(16-29-15-21)28(36)37-2)18-35(26)17-19-10-12-20(13-11-19)23-7-5-6-8-24(23)27-31-33-34-32-27/h5-8,10-16,18H,3-4,9,17H2,1-2H3,(H,31,32,33,34). The molecule has 5 rings (SSSR count). The van der Waals surface area contributed by atoms with Crippen molar-refractivity contribution in [3.63, 3.8) is 0 Å². The van der Waals surface area contributed by atoms with Crippen LogP contribution in [0.15, 0.2) is 73.2 Å². The van der Waals surface area contributed by atoms with Gasteiger partial charge in [0.15, 0.2) is 0 Å². The lowest BCUT2D eigenvalue weighted by molar-refractivity contribution is 0.0600. The molecule has 186 valence electrons. The second-order valence-electron chi connectivity index (χ2n) is 8.71. The molecule has 37 heavy (non-hydrogen) atoms. The minimum atomic E-state index is -0.416. The molecule has 0 amide bonds. The Balaban J connectivity index is 1.42. The molecule has 9 nitrogen and oxygen atoms in total. The van der Waals surface area contributed by atoms with E-state index in [1.165, 1.54) is 13.3 Å². The third kappa shape index (κ3) is 5.30. The summed E-state index contributed by atoms with van der Waals surface area (Å²) in [5.74, 6) is 1.16. The Hall–Kier alpha value is -4.66. The summed E-state index contributed by atoms with van der Waals surface area (Å²) in [5, 5.41) is 14.5. The fourth-order valence-corrected chi connectivity index (χ4v) is 4.27. The monoisotopic (exact) mass is 493 g/mol. The summed E-state index contributed by atoms with van der Waals surface area (Å²) >= 11 is 0. The highest BCUT2D eigenvalue weighted by Gasteiger charge is 2.14. The van der Waals surface area contributed by atoms with Crippen LogP contribution in [-0.4, -0.2) is 48.2 Å². The number of carbonyl (C=O) groups is 1. The molecule has 0 saturated heterocycles. The molecule has 1 N–H and O–H groups in total. The van der Waals surface area contributed by atoms with Crippen molar-refractivity contribution >= 4 is 5.97 Å². The molecular weight excluding hydrogens is 466 g/mol. The van der Waals surface area contributed by atoms with Gasteiger partial charge in [0.05, 0.1) is 18.4 Å². The summed E-state index contributed by atoms with van der Waals surface area (Å²) in [4.78, 5) is 21.1. The van der Waals surface area contributed by atoms with E-state index in [9.17, 15) is 4.79 Å². The predicted octanol–water partition coefficient (Wildman–Crippen LogP) is 4.97. The first-order valence-electron chi connectivity index (χ1n) is 12.2. The van der Waals surface area contributed by atoms with Gasteiger partial charge in [0.25, 0.3) is 0 Å². The highest BCUT2D eigenvalue weighted by Crippen LogP contribution is 2.30. The maximum atomic E-state index is 12.0. The van der Waals surface area contributed by atoms with Crippen molar-refractivity contribution in [2.24, 2.45) is 0 Å². The van der Waals surface area contributed by atoms with Crippen LogP contribution in [0.2, 0.25) is 0 Å². The summed E-state index contributed by atoms with van der Waals surface area (Å²) < 4.78 is 7.02. The van der Waals surface area contributed by atoms with E-state index in [2.05, 4.69) is 67.4 Å². The number of hydrogen-bond acceptors (Lipinski definition) is 7. The van der Waals surface area contributed by atoms with Gasteiger partial charge in [-0.25, -0.2) is 9.78 Å². The van der Waals surface area contributed by atoms with Gasteiger partial charge in [-0.15, -0.1) is 10.2 Å². The number of rotatable bonds is 9. The van der Waals surface area contributed by atoms with Crippen molar-refractivity contribution in [1.82, 2.24) is 35.2 Å². The maximum Gasteiger partial charge on any atom is 0.339 e. The minimum Gasteiger partial charge on any atom is -0.465 e. The van der Waals surface area contributed by atoms with Crippen LogP contribution in [0, 0.1) is 0 Å². The number of carbonyl (C=O) groups excluding carboxylic acids is 1. The highest BCUT2D eigenvalue weighted by atomic mass is 16.5. The number of unbranched alkanes of at least 4 members (excludes halogenated alkanes) is 1. The van der Waals surface area contributed by atoms with Crippen LogP contribution < -0.4 is 0 Å². The van der Waals surface area contributed by atoms with Gasteiger partial charge in [-0.1, -0.05) is 61.9 Å². The number of methoxy groups -OCH3 is 1. The van der Waals surface area contributed by atoms with Crippen molar-refractivity contribution in [3.05, 3.63) is 90.1 Å². The topological polar surface area (TPSA) is 111 Å². The van der Waals surface area contributed by atoms with Gasteiger partial charge < -0.3 is 9.30 Å². The highest BCUT2D eigenvalue weighted by molar-refractivity contribution is 5.90. The lowest BCUT2D eigenvalue weighted by Crippen LogP contribution is -2.04. The number of H-pyrrole nitrogens is 1. The Kier molecular flexibility index (Phi) is 7.12. The molecule has 0 fully saturated rings.